The Labute approximate surface area is 154 Å². The highest BCUT2D eigenvalue weighted by Gasteiger charge is 2.29. The van der Waals surface area contributed by atoms with Crippen LogP contribution < -0.4 is 15.1 Å². The summed E-state index contributed by atoms with van der Waals surface area (Å²) in [4.78, 5) is 29.1. The molecule has 1 aliphatic rings. The highest BCUT2D eigenvalue weighted by Crippen LogP contribution is 2.29. The molecule has 1 N–H and O–H groups in total. The van der Waals surface area contributed by atoms with Crippen LogP contribution in [0, 0.1) is 0 Å². The second kappa shape index (κ2) is 7.70. The number of carbonyl (C=O) groups excluding carboxylic acids is 2. The molecule has 2 amide bonds. The first-order valence-corrected chi connectivity index (χ1v) is 8.99. The fraction of sp³-hybridized carbons (Fsp3) is 0.333. The molecule has 1 unspecified atom stereocenters. The molecule has 1 atom stereocenters. The van der Waals surface area contributed by atoms with Crippen molar-refractivity contribution in [3.05, 3.63) is 60.2 Å². The molecule has 0 fully saturated rings. The van der Waals surface area contributed by atoms with E-state index in [2.05, 4.69) is 5.32 Å². The van der Waals surface area contributed by atoms with Gasteiger partial charge in [-0.25, -0.2) is 0 Å². The SMILES string of the molecule is CC1NCC(=O)N(CC(=O)N(c2ccccc2)C(C)C)c2ccccc21. The predicted octanol–water partition coefficient (Wildman–Crippen LogP) is 3.13. The molecule has 5 nitrogen and oxygen atoms in total. The number of anilines is 2. The van der Waals surface area contributed by atoms with Gasteiger partial charge in [0.25, 0.3) is 0 Å². The van der Waals surface area contributed by atoms with Crippen molar-refractivity contribution >= 4 is 23.2 Å². The second-order valence-electron chi connectivity index (χ2n) is 6.83. The van der Waals surface area contributed by atoms with Crippen molar-refractivity contribution in [2.24, 2.45) is 0 Å². The van der Waals surface area contributed by atoms with Crippen LogP contribution in [-0.4, -0.2) is 30.9 Å². The molecule has 5 heteroatoms. The van der Waals surface area contributed by atoms with E-state index in [-0.39, 0.29) is 37.0 Å². The number of fused-ring (bicyclic) bond motifs is 1. The maximum absolute atomic E-state index is 13.1. The second-order valence-corrected chi connectivity index (χ2v) is 6.83. The summed E-state index contributed by atoms with van der Waals surface area (Å²) in [6, 6.07) is 17.4. The van der Waals surface area contributed by atoms with Crippen LogP contribution >= 0.6 is 0 Å². The Morgan fingerprint density at radius 3 is 2.50 bits per heavy atom. The maximum atomic E-state index is 13.1. The molecule has 1 aliphatic heterocycles. The van der Waals surface area contributed by atoms with Crippen LogP contribution in [0.1, 0.15) is 32.4 Å². The van der Waals surface area contributed by atoms with Crippen LogP contribution in [0.2, 0.25) is 0 Å². The molecule has 0 spiro atoms. The van der Waals surface area contributed by atoms with E-state index in [0.29, 0.717) is 0 Å². The highest BCUT2D eigenvalue weighted by atomic mass is 16.2. The fourth-order valence-corrected chi connectivity index (χ4v) is 3.38. The van der Waals surface area contributed by atoms with Crippen LogP contribution in [0.25, 0.3) is 0 Å². The molecule has 0 aromatic heterocycles. The van der Waals surface area contributed by atoms with Gasteiger partial charge in [0.05, 0.1) is 6.54 Å². The average Bonchev–Trinajstić information content (AvgIpc) is 2.75. The first-order valence-electron chi connectivity index (χ1n) is 8.99. The zero-order chi connectivity index (χ0) is 18.7. The Hall–Kier alpha value is -2.66. The first kappa shape index (κ1) is 18.1. The van der Waals surface area contributed by atoms with Gasteiger partial charge in [-0.1, -0.05) is 36.4 Å². The third-order valence-electron chi connectivity index (χ3n) is 4.67. The topological polar surface area (TPSA) is 52.7 Å². The van der Waals surface area contributed by atoms with E-state index in [1.807, 2.05) is 75.4 Å². The van der Waals surface area contributed by atoms with Crippen molar-refractivity contribution in [3.63, 3.8) is 0 Å². The lowest BCUT2D eigenvalue weighted by atomic mass is 10.1. The number of amides is 2. The van der Waals surface area contributed by atoms with Gasteiger partial charge in [-0.05, 0) is 44.5 Å². The quantitative estimate of drug-likeness (QED) is 0.921. The number of para-hydroxylation sites is 2. The normalized spacial score (nSPS) is 17.0. The molecule has 0 saturated carbocycles. The number of carbonyl (C=O) groups is 2. The molecule has 136 valence electrons. The van der Waals surface area contributed by atoms with E-state index in [1.54, 1.807) is 9.80 Å². The Morgan fingerprint density at radius 2 is 1.81 bits per heavy atom. The molecule has 1 heterocycles. The van der Waals surface area contributed by atoms with Gasteiger partial charge in [0.15, 0.2) is 0 Å². The number of rotatable bonds is 4. The summed E-state index contributed by atoms with van der Waals surface area (Å²) in [6.07, 6.45) is 0. The smallest absolute Gasteiger partial charge is 0.247 e. The Bertz CT molecular complexity index is 789. The summed E-state index contributed by atoms with van der Waals surface area (Å²) in [5.41, 5.74) is 2.68. The zero-order valence-corrected chi connectivity index (χ0v) is 15.5. The molecule has 0 bridgehead atoms. The number of hydrogen-bond donors (Lipinski definition) is 1. The van der Waals surface area contributed by atoms with Gasteiger partial charge >= 0.3 is 0 Å². The highest BCUT2D eigenvalue weighted by molar-refractivity contribution is 6.05. The Balaban J connectivity index is 1.92. The molecule has 26 heavy (non-hydrogen) atoms. The molecule has 2 aromatic carbocycles. The molecular weight excluding hydrogens is 326 g/mol. The van der Waals surface area contributed by atoms with Gasteiger partial charge in [-0.15, -0.1) is 0 Å². The minimum Gasteiger partial charge on any atom is -0.308 e. The predicted molar refractivity (Wildman–Crippen MR) is 104 cm³/mol. The number of nitrogens with zero attached hydrogens (tertiary/aromatic N) is 2. The van der Waals surface area contributed by atoms with Crippen LogP contribution in [0.5, 0.6) is 0 Å². The van der Waals surface area contributed by atoms with Gasteiger partial charge in [0.1, 0.15) is 6.54 Å². The molecule has 2 aromatic rings. The largest absolute Gasteiger partial charge is 0.308 e. The van der Waals surface area contributed by atoms with Gasteiger partial charge in [0.2, 0.25) is 11.8 Å². The van der Waals surface area contributed by atoms with Gasteiger partial charge < -0.3 is 15.1 Å². The van der Waals surface area contributed by atoms with E-state index in [9.17, 15) is 9.59 Å². The van der Waals surface area contributed by atoms with Gasteiger partial charge in [-0.2, -0.15) is 0 Å². The summed E-state index contributed by atoms with van der Waals surface area (Å²) in [6.45, 7) is 6.23. The standard InChI is InChI=1S/C21H25N3O2/c1-15(2)24(17-9-5-4-6-10-17)21(26)14-23-19-12-8-7-11-18(19)16(3)22-13-20(23)25/h4-12,15-16,22H,13-14H2,1-3H3. The number of hydrogen-bond acceptors (Lipinski definition) is 3. The van der Waals surface area contributed by atoms with E-state index >= 15 is 0 Å². The summed E-state index contributed by atoms with van der Waals surface area (Å²) in [7, 11) is 0. The van der Waals surface area contributed by atoms with Crippen molar-refractivity contribution in [3.8, 4) is 0 Å². The fourth-order valence-electron chi connectivity index (χ4n) is 3.38. The lowest BCUT2D eigenvalue weighted by Crippen LogP contribution is -2.47. The average molecular weight is 351 g/mol. The van der Waals surface area contributed by atoms with E-state index in [1.165, 1.54) is 0 Å². The Kier molecular flexibility index (Phi) is 5.38. The minimum atomic E-state index is -0.0936. The van der Waals surface area contributed by atoms with Crippen molar-refractivity contribution in [2.45, 2.75) is 32.9 Å². The lowest BCUT2D eigenvalue weighted by Gasteiger charge is -2.30. The molecule has 0 saturated heterocycles. The van der Waals surface area contributed by atoms with Crippen LogP contribution in [-0.2, 0) is 9.59 Å². The van der Waals surface area contributed by atoms with Gasteiger partial charge in [0, 0.05) is 23.5 Å². The summed E-state index contributed by atoms with van der Waals surface area (Å²) in [5.74, 6) is -0.184. The molecule has 0 radical (unpaired) electrons. The molecule has 3 rings (SSSR count). The third-order valence-corrected chi connectivity index (χ3v) is 4.67. The Morgan fingerprint density at radius 1 is 1.15 bits per heavy atom. The van der Waals surface area contributed by atoms with Crippen LogP contribution in [0.4, 0.5) is 11.4 Å². The van der Waals surface area contributed by atoms with Crippen LogP contribution in [0.3, 0.4) is 0 Å². The zero-order valence-electron chi connectivity index (χ0n) is 15.5. The van der Waals surface area contributed by atoms with Gasteiger partial charge in [-0.3, -0.25) is 9.59 Å². The van der Waals surface area contributed by atoms with E-state index < -0.39 is 0 Å². The lowest BCUT2D eigenvalue weighted by molar-refractivity contribution is -0.122. The van der Waals surface area contributed by atoms with Crippen molar-refractivity contribution in [2.75, 3.05) is 22.9 Å². The monoisotopic (exact) mass is 351 g/mol. The molecular formula is C21H25N3O2. The molecule has 0 aliphatic carbocycles. The third kappa shape index (κ3) is 3.63. The number of benzene rings is 2. The summed E-state index contributed by atoms with van der Waals surface area (Å²) >= 11 is 0. The van der Waals surface area contributed by atoms with Crippen molar-refractivity contribution in [1.82, 2.24) is 5.32 Å². The van der Waals surface area contributed by atoms with Crippen molar-refractivity contribution < 1.29 is 9.59 Å². The maximum Gasteiger partial charge on any atom is 0.247 e. The summed E-state index contributed by atoms with van der Waals surface area (Å²) in [5, 5.41) is 3.22. The first-order chi connectivity index (χ1) is 12.5. The van der Waals surface area contributed by atoms with Crippen molar-refractivity contribution in [1.29, 1.82) is 0 Å². The summed E-state index contributed by atoms with van der Waals surface area (Å²) < 4.78 is 0. The number of nitrogens with one attached hydrogen (secondary N) is 1. The van der Waals surface area contributed by atoms with E-state index in [0.717, 1.165) is 16.9 Å². The van der Waals surface area contributed by atoms with E-state index in [4.69, 9.17) is 0 Å². The minimum absolute atomic E-state index is 0.000674. The van der Waals surface area contributed by atoms with Crippen LogP contribution in [0.15, 0.2) is 54.6 Å².